The number of aryl methyl sites for hydroxylation is 1. The standard InChI is InChI=1S/C18H24N2O2/c1-14-4-6-15(7-5-14)10-16(12-19)11-17(21)18-13-20(2)8-3-9-22-18/h4-7,16,18H,3,8-11,13H2,1-2H3/t16-,18+/m1/s1. The summed E-state index contributed by atoms with van der Waals surface area (Å²) in [6.07, 6.45) is 1.45. The molecule has 1 saturated heterocycles. The van der Waals surface area contributed by atoms with Gasteiger partial charge in [0.2, 0.25) is 0 Å². The van der Waals surface area contributed by atoms with Crippen molar-refractivity contribution in [3.8, 4) is 6.07 Å². The van der Waals surface area contributed by atoms with E-state index < -0.39 is 0 Å². The van der Waals surface area contributed by atoms with Gasteiger partial charge in [0, 0.05) is 26.1 Å². The molecule has 1 aromatic carbocycles. The van der Waals surface area contributed by atoms with Crippen LogP contribution in [0.2, 0.25) is 0 Å². The van der Waals surface area contributed by atoms with Crippen LogP contribution in [0.25, 0.3) is 0 Å². The average molecular weight is 300 g/mol. The Kier molecular flexibility index (Phi) is 6.11. The molecule has 0 aliphatic carbocycles. The second-order valence-corrected chi connectivity index (χ2v) is 6.16. The molecule has 1 fully saturated rings. The predicted molar refractivity (Wildman–Crippen MR) is 85.5 cm³/mol. The summed E-state index contributed by atoms with van der Waals surface area (Å²) in [5.41, 5.74) is 2.30. The van der Waals surface area contributed by atoms with Crippen molar-refractivity contribution >= 4 is 5.78 Å². The molecule has 22 heavy (non-hydrogen) atoms. The summed E-state index contributed by atoms with van der Waals surface area (Å²) >= 11 is 0. The van der Waals surface area contributed by atoms with Crippen LogP contribution in [-0.4, -0.2) is 43.5 Å². The largest absolute Gasteiger partial charge is 0.369 e. The number of carbonyl (C=O) groups is 1. The van der Waals surface area contributed by atoms with Gasteiger partial charge in [0.1, 0.15) is 6.10 Å². The van der Waals surface area contributed by atoms with Gasteiger partial charge in [-0.05, 0) is 32.4 Å². The van der Waals surface area contributed by atoms with E-state index in [9.17, 15) is 10.1 Å². The van der Waals surface area contributed by atoms with Gasteiger partial charge in [-0.2, -0.15) is 5.26 Å². The van der Waals surface area contributed by atoms with E-state index in [0.717, 1.165) is 18.5 Å². The second kappa shape index (κ2) is 8.07. The van der Waals surface area contributed by atoms with Crippen molar-refractivity contribution < 1.29 is 9.53 Å². The highest BCUT2D eigenvalue weighted by Crippen LogP contribution is 2.16. The summed E-state index contributed by atoms with van der Waals surface area (Å²) < 4.78 is 5.65. The van der Waals surface area contributed by atoms with Crippen molar-refractivity contribution in [1.82, 2.24) is 4.90 Å². The number of hydrogen-bond donors (Lipinski definition) is 0. The van der Waals surface area contributed by atoms with E-state index in [4.69, 9.17) is 4.74 Å². The maximum absolute atomic E-state index is 12.4. The zero-order chi connectivity index (χ0) is 15.9. The number of Topliss-reactive ketones (excluding diaryl/α,β-unsaturated/α-hetero) is 1. The third-order valence-electron chi connectivity index (χ3n) is 4.07. The van der Waals surface area contributed by atoms with Gasteiger partial charge in [-0.25, -0.2) is 0 Å². The fourth-order valence-electron chi connectivity index (χ4n) is 2.73. The molecular formula is C18H24N2O2. The minimum Gasteiger partial charge on any atom is -0.369 e. The SMILES string of the molecule is Cc1ccc(C[C@@H](C#N)CC(=O)[C@@H]2CN(C)CCCO2)cc1. The number of rotatable bonds is 5. The van der Waals surface area contributed by atoms with E-state index in [2.05, 4.69) is 11.0 Å². The van der Waals surface area contributed by atoms with Crippen LogP contribution in [0.1, 0.15) is 24.0 Å². The molecular weight excluding hydrogens is 276 g/mol. The van der Waals surface area contributed by atoms with Gasteiger partial charge in [-0.1, -0.05) is 29.8 Å². The smallest absolute Gasteiger partial charge is 0.164 e. The number of likely N-dealkylation sites (N-methyl/N-ethyl adjacent to an activating group) is 1. The number of ketones is 1. The molecule has 1 aliphatic rings. The molecule has 0 spiro atoms. The summed E-state index contributed by atoms with van der Waals surface area (Å²) in [4.78, 5) is 14.5. The van der Waals surface area contributed by atoms with Crippen molar-refractivity contribution in [2.75, 3.05) is 26.7 Å². The quantitative estimate of drug-likeness (QED) is 0.837. The molecule has 1 aliphatic heterocycles. The molecule has 0 unspecified atom stereocenters. The molecule has 0 amide bonds. The van der Waals surface area contributed by atoms with Gasteiger partial charge in [-0.15, -0.1) is 0 Å². The van der Waals surface area contributed by atoms with E-state index in [0.29, 0.717) is 19.6 Å². The predicted octanol–water partition coefficient (Wildman–Crippen LogP) is 2.36. The Balaban J connectivity index is 1.92. The Hall–Kier alpha value is -1.70. The molecule has 0 bridgehead atoms. The lowest BCUT2D eigenvalue weighted by Gasteiger charge is -2.19. The summed E-state index contributed by atoms with van der Waals surface area (Å²) in [6.45, 7) is 4.24. The molecule has 118 valence electrons. The van der Waals surface area contributed by atoms with Crippen LogP contribution in [0.5, 0.6) is 0 Å². The van der Waals surface area contributed by atoms with Crippen LogP contribution in [0.3, 0.4) is 0 Å². The Morgan fingerprint density at radius 1 is 1.45 bits per heavy atom. The number of benzene rings is 1. The summed E-state index contributed by atoms with van der Waals surface area (Å²) in [6, 6.07) is 10.4. The van der Waals surface area contributed by atoms with Gasteiger partial charge in [0.05, 0.1) is 12.0 Å². The summed E-state index contributed by atoms with van der Waals surface area (Å²) in [5.74, 6) is -0.236. The molecule has 0 aromatic heterocycles. The van der Waals surface area contributed by atoms with Crippen molar-refractivity contribution in [2.45, 2.75) is 32.3 Å². The molecule has 1 aromatic rings. The topological polar surface area (TPSA) is 53.3 Å². The highest BCUT2D eigenvalue weighted by molar-refractivity contribution is 5.83. The fraction of sp³-hybridized carbons (Fsp3) is 0.556. The Morgan fingerprint density at radius 3 is 2.86 bits per heavy atom. The first-order valence-electron chi connectivity index (χ1n) is 7.86. The van der Waals surface area contributed by atoms with Gasteiger partial charge in [0.15, 0.2) is 5.78 Å². The van der Waals surface area contributed by atoms with Crippen LogP contribution in [0.4, 0.5) is 0 Å². The Labute approximate surface area is 132 Å². The van der Waals surface area contributed by atoms with Crippen molar-refractivity contribution in [1.29, 1.82) is 5.26 Å². The first-order valence-corrected chi connectivity index (χ1v) is 7.86. The molecule has 0 radical (unpaired) electrons. The molecule has 4 heteroatoms. The zero-order valence-corrected chi connectivity index (χ0v) is 13.4. The molecule has 2 rings (SSSR count). The molecule has 0 N–H and O–H groups in total. The second-order valence-electron chi connectivity index (χ2n) is 6.16. The zero-order valence-electron chi connectivity index (χ0n) is 13.4. The normalized spacial score (nSPS) is 20.9. The third kappa shape index (κ3) is 4.94. The number of nitrogens with zero attached hydrogens (tertiary/aromatic N) is 2. The first-order chi connectivity index (χ1) is 10.6. The van der Waals surface area contributed by atoms with Crippen molar-refractivity contribution in [2.24, 2.45) is 5.92 Å². The number of ether oxygens (including phenoxy) is 1. The average Bonchev–Trinajstić information content (AvgIpc) is 2.73. The Morgan fingerprint density at radius 2 is 2.18 bits per heavy atom. The van der Waals surface area contributed by atoms with E-state index in [1.54, 1.807) is 0 Å². The minimum absolute atomic E-state index is 0.0485. The van der Waals surface area contributed by atoms with E-state index >= 15 is 0 Å². The van der Waals surface area contributed by atoms with Gasteiger partial charge in [-0.3, -0.25) is 4.79 Å². The van der Waals surface area contributed by atoms with Gasteiger partial charge < -0.3 is 9.64 Å². The monoisotopic (exact) mass is 300 g/mol. The summed E-state index contributed by atoms with van der Waals surface area (Å²) in [5, 5.41) is 9.34. The van der Waals surface area contributed by atoms with Crippen LogP contribution < -0.4 is 0 Å². The maximum atomic E-state index is 12.4. The third-order valence-corrected chi connectivity index (χ3v) is 4.07. The number of carbonyl (C=O) groups excluding carboxylic acids is 1. The van der Waals surface area contributed by atoms with E-state index in [1.165, 1.54) is 5.56 Å². The van der Waals surface area contributed by atoms with Crippen LogP contribution in [0.15, 0.2) is 24.3 Å². The lowest BCUT2D eigenvalue weighted by atomic mass is 9.93. The summed E-state index contributed by atoms with van der Waals surface area (Å²) in [7, 11) is 2.00. The van der Waals surface area contributed by atoms with Gasteiger partial charge >= 0.3 is 0 Å². The van der Waals surface area contributed by atoms with Crippen molar-refractivity contribution in [3.63, 3.8) is 0 Å². The first kappa shape index (κ1) is 16.7. The van der Waals surface area contributed by atoms with Crippen LogP contribution in [-0.2, 0) is 16.0 Å². The highest BCUT2D eigenvalue weighted by Gasteiger charge is 2.25. The number of hydrogen-bond acceptors (Lipinski definition) is 4. The van der Waals surface area contributed by atoms with E-state index in [-0.39, 0.29) is 24.2 Å². The fourth-order valence-corrected chi connectivity index (χ4v) is 2.73. The highest BCUT2D eigenvalue weighted by atomic mass is 16.5. The van der Waals surface area contributed by atoms with Crippen molar-refractivity contribution in [3.05, 3.63) is 35.4 Å². The molecule has 1 heterocycles. The van der Waals surface area contributed by atoms with Gasteiger partial charge in [0.25, 0.3) is 0 Å². The van der Waals surface area contributed by atoms with Crippen LogP contribution >= 0.6 is 0 Å². The molecule has 4 nitrogen and oxygen atoms in total. The number of nitriles is 1. The maximum Gasteiger partial charge on any atom is 0.164 e. The Bertz CT molecular complexity index is 533. The van der Waals surface area contributed by atoms with E-state index in [1.807, 2.05) is 38.2 Å². The molecule has 0 saturated carbocycles. The lowest BCUT2D eigenvalue weighted by molar-refractivity contribution is -0.131. The lowest BCUT2D eigenvalue weighted by Crippen LogP contribution is -2.35. The van der Waals surface area contributed by atoms with Crippen LogP contribution in [0, 0.1) is 24.2 Å². The minimum atomic E-state index is -0.388. The molecule has 2 atom stereocenters.